The minimum absolute atomic E-state index is 0.209. The summed E-state index contributed by atoms with van der Waals surface area (Å²) in [5, 5.41) is 15.2. The Morgan fingerprint density at radius 3 is 2.52 bits per heavy atom. The second-order valence-corrected chi connectivity index (χ2v) is 6.95. The molecule has 0 aromatic carbocycles. The number of carbonyl (C=O) groups is 1. The summed E-state index contributed by atoms with van der Waals surface area (Å²) in [6, 6.07) is 0. The summed E-state index contributed by atoms with van der Waals surface area (Å²) in [5.74, 6) is -1.02. The van der Waals surface area contributed by atoms with Gasteiger partial charge in [0, 0.05) is 13.1 Å². The zero-order valence-electron chi connectivity index (χ0n) is 12.0. The number of ether oxygens (including phenoxy) is 1. The third kappa shape index (κ3) is 3.42. The summed E-state index contributed by atoms with van der Waals surface area (Å²) in [6.45, 7) is 3.61. The Hall–Kier alpha value is -1.45. The number of aliphatic carboxylic acids is 1. The first-order chi connectivity index (χ1) is 9.82. The highest BCUT2D eigenvalue weighted by Gasteiger charge is 2.33. The van der Waals surface area contributed by atoms with Gasteiger partial charge in [0.25, 0.3) is 0 Å². The van der Waals surface area contributed by atoms with Gasteiger partial charge in [0.15, 0.2) is 0 Å². The average Bonchev–Trinajstić information content (AvgIpc) is 2.77. The monoisotopic (exact) mass is 317 g/mol. The fraction of sp³-hybridized carbons (Fsp3) is 0.667. The van der Waals surface area contributed by atoms with E-state index in [1.165, 1.54) is 4.31 Å². The number of hydrogen-bond donors (Lipinski definition) is 2. The number of hydrogen-bond acceptors (Lipinski definition) is 5. The second-order valence-electron chi connectivity index (χ2n) is 5.07. The van der Waals surface area contributed by atoms with Crippen molar-refractivity contribution in [3.63, 3.8) is 0 Å². The van der Waals surface area contributed by atoms with E-state index in [1.807, 2.05) is 0 Å². The summed E-state index contributed by atoms with van der Waals surface area (Å²) in [4.78, 5) is 10.7. The predicted octanol–water partition coefficient (Wildman–Crippen LogP) is 0.281. The van der Waals surface area contributed by atoms with E-state index in [9.17, 15) is 13.2 Å². The molecule has 0 spiro atoms. The fourth-order valence-corrected chi connectivity index (χ4v) is 4.28. The molecule has 1 aromatic heterocycles. The Morgan fingerprint density at radius 1 is 1.43 bits per heavy atom. The molecule has 2 heterocycles. The number of nitrogens with one attached hydrogen (secondary N) is 1. The molecule has 2 N–H and O–H groups in total. The van der Waals surface area contributed by atoms with Crippen LogP contribution in [0.1, 0.15) is 24.2 Å². The van der Waals surface area contributed by atoms with Crippen LogP contribution in [-0.4, -0.2) is 59.8 Å². The van der Waals surface area contributed by atoms with Gasteiger partial charge in [0.1, 0.15) is 11.5 Å². The molecule has 0 radical (unpaired) electrons. The Balaban J connectivity index is 2.03. The smallest absolute Gasteiger partial charge is 0.329 e. The van der Waals surface area contributed by atoms with E-state index in [2.05, 4.69) is 10.2 Å². The number of carboxylic acid groups (broad SMARTS) is 1. The van der Waals surface area contributed by atoms with E-state index in [1.54, 1.807) is 13.8 Å². The molecular formula is C12H19N3O5S. The van der Waals surface area contributed by atoms with Crippen LogP contribution < -0.4 is 0 Å². The van der Waals surface area contributed by atoms with Crippen molar-refractivity contribution in [2.24, 2.45) is 0 Å². The number of aryl methyl sites for hydroxylation is 2. The topological polar surface area (TPSA) is 113 Å². The molecule has 0 saturated carbocycles. The van der Waals surface area contributed by atoms with E-state index in [0.717, 1.165) is 0 Å². The quantitative estimate of drug-likeness (QED) is 0.806. The van der Waals surface area contributed by atoms with Gasteiger partial charge in [-0.3, -0.25) is 5.10 Å². The molecular weight excluding hydrogens is 298 g/mol. The van der Waals surface area contributed by atoms with E-state index >= 15 is 0 Å². The normalized spacial score (nSPS) is 18.0. The highest BCUT2D eigenvalue weighted by Crippen LogP contribution is 2.25. The van der Waals surface area contributed by atoms with E-state index < -0.39 is 16.0 Å². The highest BCUT2D eigenvalue weighted by atomic mass is 32.2. The number of aromatic nitrogens is 2. The Bertz CT molecular complexity index is 597. The van der Waals surface area contributed by atoms with Gasteiger partial charge >= 0.3 is 5.97 Å². The van der Waals surface area contributed by atoms with Gasteiger partial charge in [-0.2, -0.15) is 9.40 Å². The second kappa shape index (κ2) is 6.12. The van der Waals surface area contributed by atoms with Gasteiger partial charge < -0.3 is 9.84 Å². The molecule has 0 amide bonds. The first-order valence-corrected chi connectivity index (χ1v) is 8.11. The molecule has 1 aromatic rings. The van der Waals surface area contributed by atoms with E-state index in [0.29, 0.717) is 37.3 Å². The van der Waals surface area contributed by atoms with Crippen molar-refractivity contribution in [3.8, 4) is 0 Å². The molecule has 21 heavy (non-hydrogen) atoms. The van der Waals surface area contributed by atoms with Gasteiger partial charge in [0.05, 0.1) is 17.5 Å². The SMILES string of the molecule is Cc1n[nH]c(C)c1S(=O)(=O)N1CCC(OCC(=O)O)CC1. The zero-order valence-corrected chi connectivity index (χ0v) is 12.8. The van der Waals surface area contributed by atoms with Gasteiger partial charge in [-0.15, -0.1) is 0 Å². The minimum Gasteiger partial charge on any atom is -0.480 e. The summed E-state index contributed by atoms with van der Waals surface area (Å²) in [5.41, 5.74) is 0.980. The molecule has 1 aliphatic heterocycles. The lowest BCUT2D eigenvalue weighted by molar-refractivity contribution is -0.145. The van der Waals surface area contributed by atoms with Crippen LogP contribution in [0.25, 0.3) is 0 Å². The lowest BCUT2D eigenvalue weighted by Gasteiger charge is -2.30. The highest BCUT2D eigenvalue weighted by molar-refractivity contribution is 7.89. The van der Waals surface area contributed by atoms with Crippen LogP contribution in [-0.2, 0) is 19.6 Å². The lowest BCUT2D eigenvalue weighted by Crippen LogP contribution is -2.41. The lowest BCUT2D eigenvalue weighted by atomic mass is 10.1. The Labute approximate surface area is 123 Å². The number of aromatic amines is 1. The number of rotatable bonds is 5. The summed E-state index contributed by atoms with van der Waals surface area (Å²) >= 11 is 0. The Kier molecular flexibility index (Phi) is 4.64. The van der Waals surface area contributed by atoms with Crippen molar-refractivity contribution in [2.45, 2.75) is 37.7 Å². The molecule has 0 unspecified atom stereocenters. The molecule has 0 atom stereocenters. The number of nitrogens with zero attached hydrogens (tertiary/aromatic N) is 2. The molecule has 0 aliphatic carbocycles. The Morgan fingerprint density at radius 2 is 2.05 bits per heavy atom. The minimum atomic E-state index is -3.57. The number of sulfonamides is 1. The number of carboxylic acids is 1. The van der Waals surface area contributed by atoms with E-state index in [4.69, 9.17) is 9.84 Å². The molecule has 9 heteroatoms. The van der Waals surface area contributed by atoms with Crippen molar-refractivity contribution in [2.75, 3.05) is 19.7 Å². The maximum absolute atomic E-state index is 12.6. The van der Waals surface area contributed by atoms with Crippen LogP contribution in [0, 0.1) is 13.8 Å². The maximum Gasteiger partial charge on any atom is 0.329 e. The molecule has 1 aliphatic rings. The molecule has 1 saturated heterocycles. The number of piperidine rings is 1. The van der Waals surface area contributed by atoms with Crippen LogP contribution in [0.4, 0.5) is 0 Å². The van der Waals surface area contributed by atoms with Crippen molar-refractivity contribution in [1.29, 1.82) is 0 Å². The summed E-state index contributed by atoms with van der Waals surface area (Å²) in [7, 11) is -3.57. The van der Waals surface area contributed by atoms with Gasteiger partial charge in [-0.25, -0.2) is 13.2 Å². The average molecular weight is 317 g/mol. The molecule has 0 bridgehead atoms. The largest absolute Gasteiger partial charge is 0.480 e. The first-order valence-electron chi connectivity index (χ1n) is 6.67. The van der Waals surface area contributed by atoms with Crippen molar-refractivity contribution in [3.05, 3.63) is 11.4 Å². The maximum atomic E-state index is 12.6. The molecule has 2 rings (SSSR count). The van der Waals surface area contributed by atoms with Gasteiger partial charge in [-0.1, -0.05) is 0 Å². The molecule has 118 valence electrons. The standard InChI is InChI=1S/C12H19N3O5S/c1-8-12(9(2)14-13-8)21(18,19)15-5-3-10(4-6-15)20-7-11(16)17/h10H,3-7H2,1-2H3,(H,13,14)(H,16,17). The zero-order chi connectivity index (χ0) is 15.6. The van der Waals surface area contributed by atoms with Crippen LogP contribution in [0.2, 0.25) is 0 Å². The summed E-state index contributed by atoms with van der Waals surface area (Å²) < 4.78 is 31.8. The van der Waals surface area contributed by atoms with Crippen molar-refractivity contribution >= 4 is 16.0 Å². The van der Waals surface area contributed by atoms with Crippen molar-refractivity contribution < 1.29 is 23.1 Å². The first kappa shape index (κ1) is 15.9. The molecule has 8 nitrogen and oxygen atoms in total. The van der Waals surface area contributed by atoms with E-state index in [-0.39, 0.29) is 17.6 Å². The van der Waals surface area contributed by atoms with Crippen LogP contribution in [0.5, 0.6) is 0 Å². The van der Waals surface area contributed by atoms with Crippen LogP contribution >= 0.6 is 0 Å². The van der Waals surface area contributed by atoms with Crippen molar-refractivity contribution in [1.82, 2.24) is 14.5 Å². The van der Waals surface area contributed by atoms with Gasteiger partial charge in [-0.05, 0) is 26.7 Å². The van der Waals surface area contributed by atoms with Crippen LogP contribution in [0.3, 0.4) is 0 Å². The molecule has 1 fully saturated rings. The number of H-pyrrole nitrogens is 1. The third-order valence-electron chi connectivity index (χ3n) is 3.50. The third-order valence-corrected chi connectivity index (χ3v) is 5.66. The van der Waals surface area contributed by atoms with Crippen LogP contribution in [0.15, 0.2) is 4.90 Å². The fourth-order valence-electron chi connectivity index (χ4n) is 2.48. The van der Waals surface area contributed by atoms with Gasteiger partial charge in [0.2, 0.25) is 10.0 Å². The predicted molar refractivity (Wildman–Crippen MR) is 73.4 cm³/mol. The summed E-state index contributed by atoms with van der Waals surface area (Å²) in [6.07, 6.45) is 0.768.